The minimum absolute atomic E-state index is 0.0746. The average Bonchev–Trinajstić information content (AvgIpc) is 3.38. The van der Waals surface area contributed by atoms with Crippen molar-refractivity contribution in [2.45, 2.75) is 24.8 Å². The largest absolute Gasteiger partial charge is 0.336 e. The first-order valence-electron chi connectivity index (χ1n) is 11.6. The number of hydrogen-bond donors (Lipinski definition) is 1. The second-order valence-electron chi connectivity index (χ2n) is 9.08. The van der Waals surface area contributed by atoms with Crippen molar-refractivity contribution in [3.8, 4) is 0 Å². The molecule has 2 aromatic carbocycles. The molecule has 0 bridgehead atoms. The van der Waals surface area contributed by atoms with E-state index in [2.05, 4.69) is 27.2 Å². The lowest BCUT2D eigenvalue weighted by molar-refractivity contribution is 0.0927. The molecule has 5 nitrogen and oxygen atoms in total. The highest BCUT2D eigenvalue weighted by Gasteiger charge is 2.36. The third-order valence-electron chi connectivity index (χ3n) is 7.21. The number of rotatable bonds is 6. The molecule has 1 aliphatic carbocycles. The van der Waals surface area contributed by atoms with Crippen LogP contribution in [0.1, 0.15) is 41.5 Å². The van der Waals surface area contributed by atoms with Crippen LogP contribution in [0.4, 0.5) is 9.18 Å². The zero-order chi connectivity index (χ0) is 22.1. The number of urea groups is 1. The topological polar surface area (TPSA) is 38.8 Å². The molecule has 2 unspecified atom stereocenters. The fraction of sp³-hybridized carbons (Fsp3) is 0.480. The second-order valence-corrected chi connectivity index (χ2v) is 9.52. The van der Waals surface area contributed by atoms with Crippen LogP contribution >= 0.6 is 11.6 Å². The van der Waals surface area contributed by atoms with Crippen LogP contribution in [0.15, 0.2) is 42.5 Å². The van der Waals surface area contributed by atoms with E-state index in [0.717, 1.165) is 75.8 Å². The Balaban J connectivity index is 1.21. The summed E-state index contributed by atoms with van der Waals surface area (Å²) in [5.74, 6) is 0.0510. The van der Waals surface area contributed by atoms with Crippen molar-refractivity contribution in [3.05, 3.63) is 70.0 Å². The van der Waals surface area contributed by atoms with Gasteiger partial charge in [-0.3, -0.25) is 4.90 Å². The Bertz CT molecular complexity index is 961. The van der Waals surface area contributed by atoms with Gasteiger partial charge in [-0.2, -0.15) is 0 Å². The zero-order valence-corrected chi connectivity index (χ0v) is 19.0. The lowest BCUT2D eigenvalue weighted by Gasteiger charge is -2.38. The summed E-state index contributed by atoms with van der Waals surface area (Å²) in [6.07, 6.45) is 2.02. The Morgan fingerprint density at radius 1 is 0.969 bits per heavy atom. The summed E-state index contributed by atoms with van der Waals surface area (Å²) in [5.41, 5.74) is 3.79. The number of piperazine rings is 1. The highest BCUT2D eigenvalue weighted by molar-refractivity contribution is 6.30. The van der Waals surface area contributed by atoms with Crippen molar-refractivity contribution < 1.29 is 9.18 Å². The van der Waals surface area contributed by atoms with E-state index in [0.29, 0.717) is 6.04 Å². The SMILES string of the molecule is O=C1NCCN1CCCN1CCN(C2CC(c3ccc(F)cc3)c3cc(Cl)ccc32)CC1. The average molecular weight is 457 g/mol. The maximum Gasteiger partial charge on any atom is 0.317 e. The van der Waals surface area contributed by atoms with E-state index >= 15 is 0 Å². The number of halogens is 2. The van der Waals surface area contributed by atoms with E-state index in [1.54, 1.807) is 12.1 Å². The third-order valence-corrected chi connectivity index (χ3v) is 7.44. The highest BCUT2D eigenvalue weighted by Crippen LogP contribution is 2.47. The van der Waals surface area contributed by atoms with Gasteiger partial charge in [-0.05, 0) is 60.3 Å². The van der Waals surface area contributed by atoms with Crippen molar-refractivity contribution in [3.63, 3.8) is 0 Å². The number of amides is 2. The molecular weight excluding hydrogens is 427 g/mol. The fourth-order valence-corrected chi connectivity index (χ4v) is 5.67. The van der Waals surface area contributed by atoms with Gasteiger partial charge in [-0.1, -0.05) is 29.8 Å². The van der Waals surface area contributed by atoms with Gasteiger partial charge in [0.2, 0.25) is 0 Å². The molecule has 3 aliphatic rings. The molecule has 2 amide bonds. The van der Waals surface area contributed by atoms with E-state index < -0.39 is 0 Å². The smallest absolute Gasteiger partial charge is 0.317 e. The predicted octanol–water partition coefficient (Wildman–Crippen LogP) is 4.09. The van der Waals surface area contributed by atoms with E-state index in [1.807, 2.05) is 23.1 Å². The van der Waals surface area contributed by atoms with Crippen LogP contribution < -0.4 is 5.32 Å². The zero-order valence-electron chi connectivity index (χ0n) is 18.3. The molecule has 0 saturated carbocycles. The number of nitrogens with zero attached hydrogens (tertiary/aromatic N) is 3. The fourth-order valence-electron chi connectivity index (χ4n) is 5.49. The minimum atomic E-state index is -0.198. The molecule has 0 spiro atoms. The molecule has 0 radical (unpaired) electrons. The van der Waals surface area contributed by atoms with Gasteiger partial charge in [0.15, 0.2) is 0 Å². The summed E-state index contributed by atoms with van der Waals surface area (Å²) in [6.45, 7) is 7.63. The van der Waals surface area contributed by atoms with Gasteiger partial charge in [0.1, 0.15) is 5.82 Å². The van der Waals surface area contributed by atoms with E-state index in [9.17, 15) is 9.18 Å². The summed E-state index contributed by atoms with van der Waals surface area (Å²) in [7, 11) is 0. The van der Waals surface area contributed by atoms with E-state index in [-0.39, 0.29) is 17.8 Å². The Labute approximate surface area is 194 Å². The summed E-state index contributed by atoms with van der Waals surface area (Å²) in [5, 5.41) is 3.62. The van der Waals surface area contributed by atoms with Gasteiger partial charge in [-0.25, -0.2) is 9.18 Å². The molecule has 32 heavy (non-hydrogen) atoms. The van der Waals surface area contributed by atoms with Gasteiger partial charge in [0, 0.05) is 62.8 Å². The molecule has 2 saturated heterocycles. The van der Waals surface area contributed by atoms with Crippen LogP contribution in [0.3, 0.4) is 0 Å². The molecule has 7 heteroatoms. The molecule has 2 aliphatic heterocycles. The van der Waals surface area contributed by atoms with Crippen molar-refractivity contribution in [2.75, 3.05) is 52.4 Å². The van der Waals surface area contributed by atoms with E-state index in [1.165, 1.54) is 11.1 Å². The second kappa shape index (κ2) is 9.38. The summed E-state index contributed by atoms with van der Waals surface area (Å²) in [6, 6.07) is 13.6. The molecule has 5 rings (SSSR count). The van der Waals surface area contributed by atoms with Crippen molar-refractivity contribution in [2.24, 2.45) is 0 Å². The number of fused-ring (bicyclic) bond motifs is 1. The maximum atomic E-state index is 13.5. The molecule has 2 fully saturated rings. The molecule has 1 N–H and O–H groups in total. The molecule has 0 aromatic heterocycles. The standard InChI is InChI=1S/C25H30ClFN4O/c26-19-4-7-21-23(16-19)22(18-2-5-20(27)6-3-18)17-24(21)30-14-12-29(13-15-30)9-1-10-31-11-8-28-25(31)32/h2-7,16,22,24H,1,8-15,17H2,(H,28,32). The van der Waals surface area contributed by atoms with Crippen LogP contribution in [0.2, 0.25) is 5.02 Å². The third kappa shape index (κ3) is 4.49. The van der Waals surface area contributed by atoms with Crippen LogP contribution in [0.5, 0.6) is 0 Å². The lowest BCUT2D eigenvalue weighted by Crippen LogP contribution is -2.47. The van der Waals surface area contributed by atoms with Gasteiger partial charge >= 0.3 is 6.03 Å². The maximum absolute atomic E-state index is 13.5. The quantitative estimate of drug-likeness (QED) is 0.711. The van der Waals surface area contributed by atoms with Gasteiger partial charge < -0.3 is 15.1 Å². The number of carbonyl (C=O) groups is 1. The van der Waals surface area contributed by atoms with Crippen molar-refractivity contribution >= 4 is 17.6 Å². The monoisotopic (exact) mass is 456 g/mol. The Morgan fingerprint density at radius 3 is 2.47 bits per heavy atom. The van der Waals surface area contributed by atoms with Gasteiger partial charge in [0.05, 0.1) is 0 Å². The van der Waals surface area contributed by atoms with Crippen molar-refractivity contribution in [1.82, 2.24) is 20.0 Å². The number of benzene rings is 2. The Kier molecular flexibility index (Phi) is 6.35. The Morgan fingerprint density at radius 2 is 1.75 bits per heavy atom. The first kappa shape index (κ1) is 21.7. The van der Waals surface area contributed by atoms with Crippen LogP contribution in [-0.2, 0) is 0 Å². The van der Waals surface area contributed by atoms with Crippen LogP contribution in [0.25, 0.3) is 0 Å². The predicted molar refractivity (Wildman–Crippen MR) is 125 cm³/mol. The first-order chi connectivity index (χ1) is 15.6. The Hall–Kier alpha value is -2.15. The van der Waals surface area contributed by atoms with Crippen molar-refractivity contribution in [1.29, 1.82) is 0 Å². The first-order valence-corrected chi connectivity index (χ1v) is 12.0. The molecule has 2 atom stereocenters. The number of hydrogen-bond acceptors (Lipinski definition) is 3. The number of nitrogens with one attached hydrogen (secondary N) is 1. The number of carbonyl (C=O) groups excluding carboxylic acids is 1. The van der Waals surface area contributed by atoms with E-state index in [4.69, 9.17) is 11.6 Å². The molecule has 170 valence electrons. The highest BCUT2D eigenvalue weighted by atomic mass is 35.5. The molecule has 2 aromatic rings. The summed E-state index contributed by atoms with van der Waals surface area (Å²) < 4.78 is 13.5. The lowest BCUT2D eigenvalue weighted by atomic mass is 9.93. The molecular formula is C25H30ClFN4O. The minimum Gasteiger partial charge on any atom is -0.336 e. The van der Waals surface area contributed by atoms with Gasteiger partial charge in [-0.15, -0.1) is 0 Å². The van der Waals surface area contributed by atoms with Crippen LogP contribution in [0, 0.1) is 5.82 Å². The summed E-state index contributed by atoms with van der Waals surface area (Å²) >= 11 is 6.35. The van der Waals surface area contributed by atoms with Crippen LogP contribution in [-0.4, -0.2) is 73.1 Å². The molecule has 2 heterocycles. The summed E-state index contributed by atoms with van der Waals surface area (Å²) in [4.78, 5) is 18.7. The van der Waals surface area contributed by atoms with Gasteiger partial charge in [0.25, 0.3) is 0 Å². The normalized spacial score (nSPS) is 24.1.